The van der Waals surface area contributed by atoms with Crippen molar-refractivity contribution >= 4 is 11.3 Å². The maximum absolute atomic E-state index is 6.29. The molecule has 0 aromatic carbocycles. The number of nitrogens with zero attached hydrogens (tertiary/aromatic N) is 1. The molecule has 1 aromatic rings. The number of aryl methyl sites for hydroxylation is 2. The third-order valence-electron chi connectivity index (χ3n) is 2.69. The van der Waals surface area contributed by atoms with E-state index in [0.29, 0.717) is 6.61 Å². The molecule has 0 radical (unpaired) electrons. The fourth-order valence-corrected chi connectivity index (χ4v) is 2.70. The molecule has 0 saturated carbocycles. The fraction of sp³-hybridized carbons (Fsp3) is 0.727. The van der Waals surface area contributed by atoms with Crippen LogP contribution in [0.1, 0.15) is 35.8 Å². The predicted molar refractivity (Wildman–Crippen MR) is 64.3 cm³/mol. The Morgan fingerprint density at radius 2 is 2.13 bits per heavy atom. The topological polar surface area (TPSA) is 48.1 Å². The summed E-state index contributed by atoms with van der Waals surface area (Å²) in [5.41, 5.74) is 7.03. The second kappa shape index (κ2) is 5.05. The van der Waals surface area contributed by atoms with Gasteiger partial charge in [-0.15, -0.1) is 11.3 Å². The van der Waals surface area contributed by atoms with Crippen LogP contribution in [0.3, 0.4) is 0 Å². The lowest BCUT2D eigenvalue weighted by Crippen LogP contribution is -2.40. The number of hydrogen-bond donors (Lipinski definition) is 1. The lowest BCUT2D eigenvalue weighted by molar-refractivity contribution is 0.129. The van der Waals surface area contributed by atoms with Gasteiger partial charge in [-0.25, -0.2) is 4.98 Å². The zero-order valence-electron chi connectivity index (χ0n) is 9.96. The minimum atomic E-state index is -0.419. The first-order valence-corrected chi connectivity index (χ1v) is 6.13. The smallest absolute Gasteiger partial charge is 0.115 e. The van der Waals surface area contributed by atoms with E-state index in [4.69, 9.17) is 10.5 Å². The molecule has 2 N–H and O–H groups in total. The molecular weight excluding hydrogens is 208 g/mol. The van der Waals surface area contributed by atoms with E-state index in [1.54, 1.807) is 18.4 Å². The summed E-state index contributed by atoms with van der Waals surface area (Å²) in [4.78, 5) is 5.87. The van der Waals surface area contributed by atoms with Gasteiger partial charge in [0.1, 0.15) is 5.01 Å². The van der Waals surface area contributed by atoms with Gasteiger partial charge in [0.05, 0.1) is 17.8 Å². The van der Waals surface area contributed by atoms with Crippen LogP contribution in [0.5, 0.6) is 0 Å². The minimum Gasteiger partial charge on any atom is -0.382 e. The largest absolute Gasteiger partial charge is 0.382 e. The summed E-state index contributed by atoms with van der Waals surface area (Å²) in [6, 6.07) is 0. The van der Waals surface area contributed by atoms with E-state index in [-0.39, 0.29) is 0 Å². The number of nitrogens with two attached hydrogens (primary N) is 1. The van der Waals surface area contributed by atoms with E-state index in [0.717, 1.165) is 23.5 Å². The van der Waals surface area contributed by atoms with Crippen LogP contribution in [-0.2, 0) is 16.7 Å². The van der Waals surface area contributed by atoms with Crippen molar-refractivity contribution in [3.8, 4) is 0 Å². The van der Waals surface area contributed by atoms with E-state index in [1.807, 2.05) is 0 Å². The minimum absolute atomic E-state index is 0.419. The summed E-state index contributed by atoms with van der Waals surface area (Å²) in [7, 11) is 1.68. The molecule has 0 spiro atoms. The lowest BCUT2D eigenvalue weighted by atomic mass is 10.00. The number of aromatic nitrogens is 1. The van der Waals surface area contributed by atoms with Gasteiger partial charge >= 0.3 is 0 Å². The molecule has 1 aromatic heterocycles. The molecular formula is C11H20N2OS. The van der Waals surface area contributed by atoms with Crippen molar-refractivity contribution in [2.75, 3.05) is 13.7 Å². The van der Waals surface area contributed by atoms with Crippen LogP contribution in [-0.4, -0.2) is 18.7 Å². The monoisotopic (exact) mass is 228 g/mol. The van der Waals surface area contributed by atoms with Crippen LogP contribution in [0.15, 0.2) is 0 Å². The highest BCUT2D eigenvalue weighted by molar-refractivity contribution is 7.11. The first-order valence-electron chi connectivity index (χ1n) is 5.32. The molecule has 15 heavy (non-hydrogen) atoms. The summed E-state index contributed by atoms with van der Waals surface area (Å²) in [5, 5.41) is 1.00. The van der Waals surface area contributed by atoms with Gasteiger partial charge in [-0.05, 0) is 19.8 Å². The Balaban J connectivity index is 3.01. The molecule has 1 rings (SSSR count). The number of hydrogen-bond acceptors (Lipinski definition) is 4. The first-order chi connectivity index (χ1) is 7.07. The lowest BCUT2D eigenvalue weighted by Gasteiger charge is -2.24. The van der Waals surface area contributed by atoms with E-state index in [2.05, 4.69) is 25.8 Å². The van der Waals surface area contributed by atoms with E-state index in [1.165, 1.54) is 4.88 Å². The Morgan fingerprint density at radius 3 is 2.53 bits per heavy atom. The summed E-state index contributed by atoms with van der Waals surface area (Å²) in [5.74, 6) is 0. The summed E-state index contributed by atoms with van der Waals surface area (Å²) < 4.78 is 5.18. The summed E-state index contributed by atoms with van der Waals surface area (Å²) in [6.07, 6.45) is 1.81. The fourth-order valence-electron chi connectivity index (χ4n) is 1.54. The Kier molecular flexibility index (Phi) is 4.25. The average molecular weight is 228 g/mol. The van der Waals surface area contributed by atoms with Crippen LogP contribution < -0.4 is 5.73 Å². The van der Waals surface area contributed by atoms with Crippen LogP contribution in [0, 0.1) is 6.92 Å². The third kappa shape index (κ3) is 2.56. The van der Waals surface area contributed by atoms with E-state index < -0.39 is 5.54 Å². The van der Waals surface area contributed by atoms with Gasteiger partial charge in [-0.2, -0.15) is 0 Å². The van der Waals surface area contributed by atoms with Crippen LogP contribution in [0.25, 0.3) is 0 Å². The van der Waals surface area contributed by atoms with Crippen molar-refractivity contribution in [1.29, 1.82) is 0 Å². The molecule has 0 aliphatic rings. The SMILES string of the molecule is CCc1nc(C(N)(CC)COC)sc1C. The number of ether oxygens (including phenoxy) is 1. The zero-order chi connectivity index (χ0) is 11.5. The quantitative estimate of drug-likeness (QED) is 0.840. The van der Waals surface area contributed by atoms with Crippen molar-refractivity contribution in [2.45, 2.75) is 39.2 Å². The molecule has 3 nitrogen and oxygen atoms in total. The number of rotatable bonds is 5. The molecule has 0 fully saturated rings. The normalized spacial score (nSPS) is 15.3. The molecule has 0 saturated heterocycles. The van der Waals surface area contributed by atoms with Gasteiger partial charge in [0.15, 0.2) is 0 Å². The summed E-state index contributed by atoms with van der Waals surface area (Å²) >= 11 is 1.69. The second-order valence-corrected chi connectivity index (χ2v) is 5.02. The Labute approximate surface area is 95.7 Å². The van der Waals surface area contributed by atoms with Gasteiger partial charge in [0.2, 0.25) is 0 Å². The third-order valence-corrected chi connectivity index (χ3v) is 3.92. The Hall–Kier alpha value is -0.450. The molecule has 4 heteroatoms. The van der Waals surface area contributed by atoms with Crippen LogP contribution in [0.4, 0.5) is 0 Å². The van der Waals surface area contributed by atoms with E-state index >= 15 is 0 Å². The van der Waals surface area contributed by atoms with Crippen molar-refractivity contribution in [2.24, 2.45) is 5.73 Å². The zero-order valence-corrected chi connectivity index (χ0v) is 10.8. The van der Waals surface area contributed by atoms with Crippen molar-refractivity contribution in [3.63, 3.8) is 0 Å². The molecule has 0 aliphatic carbocycles. The summed E-state index contributed by atoms with van der Waals surface area (Å²) in [6.45, 7) is 6.82. The van der Waals surface area contributed by atoms with Gasteiger partial charge in [-0.3, -0.25) is 0 Å². The van der Waals surface area contributed by atoms with Crippen molar-refractivity contribution < 1.29 is 4.74 Å². The highest BCUT2D eigenvalue weighted by Crippen LogP contribution is 2.29. The van der Waals surface area contributed by atoms with Crippen molar-refractivity contribution in [3.05, 3.63) is 15.6 Å². The van der Waals surface area contributed by atoms with Crippen LogP contribution in [0.2, 0.25) is 0 Å². The van der Waals surface area contributed by atoms with Gasteiger partial charge in [-0.1, -0.05) is 13.8 Å². The molecule has 0 aliphatic heterocycles. The van der Waals surface area contributed by atoms with Gasteiger partial charge < -0.3 is 10.5 Å². The first kappa shape index (κ1) is 12.6. The highest BCUT2D eigenvalue weighted by Gasteiger charge is 2.29. The highest BCUT2D eigenvalue weighted by atomic mass is 32.1. The molecule has 86 valence electrons. The molecule has 0 bridgehead atoms. The Bertz CT molecular complexity index is 324. The molecule has 1 heterocycles. The number of thiazole rings is 1. The average Bonchev–Trinajstić information content (AvgIpc) is 2.60. The second-order valence-electron chi connectivity index (χ2n) is 3.82. The van der Waals surface area contributed by atoms with E-state index in [9.17, 15) is 0 Å². The molecule has 1 unspecified atom stereocenters. The van der Waals surface area contributed by atoms with Gasteiger partial charge in [0.25, 0.3) is 0 Å². The number of methoxy groups -OCH3 is 1. The standard InChI is InChI=1S/C11H20N2OS/c1-5-9-8(3)15-10(13-9)11(12,6-2)7-14-4/h5-7,12H2,1-4H3. The maximum atomic E-state index is 6.29. The van der Waals surface area contributed by atoms with Gasteiger partial charge in [0, 0.05) is 12.0 Å². The Morgan fingerprint density at radius 1 is 1.47 bits per heavy atom. The molecule has 0 amide bonds. The maximum Gasteiger partial charge on any atom is 0.115 e. The predicted octanol–water partition coefficient (Wildman–Crippen LogP) is 2.22. The molecule has 1 atom stereocenters. The van der Waals surface area contributed by atoms with Crippen molar-refractivity contribution in [1.82, 2.24) is 4.98 Å². The van der Waals surface area contributed by atoms with Crippen LogP contribution >= 0.6 is 11.3 Å².